The Labute approximate surface area is 145 Å². The van der Waals surface area contributed by atoms with Crippen LogP contribution < -0.4 is 10.2 Å². The first-order valence-electron chi connectivity index (χ1n) is 9.36. The van der Waals surface area contributed by atoms with Crippen molar-refractivity contribution < 1.29 is 4.79 Å². The SMILES string of the molecule is CN1CCN(c2ccc(CNC(=O)CCC3CCCC3)cn2)CC1. The molecule has 1 aromatic heterocycles. The van der Waals surface area contributed by atoms with Crippen LogP contribution in [0.25, 0.3) is 0 Å². The third kappa shape index (κ3) is 4.94. The molecule has 2 fully saturated rings. The molecular weight excluding hydrogens is 300 g/mol. The molecule has 1 saturated heterocycles. The minimum atomic E-state index is 0.171. The van der Waals surface area contributed by atoms with Gasteiger partial charge in [0.1, 0.15) is 5.82 Å². The molecule has 0 bridgehead atoms. The maximum Gasteiger partial charge on any atom is 0.220 e. The number of aromatic nitrogens is 1. The highest BCUT2D eigenvalue weighted by molar-refractivity contribution is 5.75. The summed E-state index contributed by atoms with van der Waals surface area (Å²) in [5.41, 5.74) is 1.07. The summed E-state index contributed by atoms with van der Waals surface area (Å²) in [6, 6.07) is 4.16. The molecule has 24 heavy (non-hydrogen) atoms. The van der Waals surface area contributed by atoms with E-state index in [4.69, 9.17) is 0 Å². The van der Waals surface area contributed by atoms with Crippen LogP contribution in [0.2, 0.25) is 0 Å². The Morgan fingerprint density at radius 3 is 2.62 bits per heavy atom. The van der Waals surface area contributed by atoms with Crippen molar-refractivity contribution in [3.63, 3.8) is 0 Å². The Kier molecular flexibility index (Phi) is 6.07. The molecule has 1 aliphatic carbocycles. The van der Waals surface area contributed by atoms with Crippen molar-refractivity contribution in [3.05, 3.63) is 23.9 Å². The molecular formula is C19H30N4O. The minimum absolute atomic E-state index is 0.171. The van der Waals surface area contributed by atoms with Gasteiger partial charge in [0.05, 0.1) is 0 Å². The van der Waals surface area contributed by atoms with E-state index >= 15 is 0 Å². The number of carbonyl (C=O) groups excluding carboxylic acids is 1. The van der Waals surface area contributed by atoms with E-state index in [-0.39, 0.29) is 5.91 Å². The fourth-order valence-corrected chi connectivity index (χ4v) is 3.67. The van der Waals surface area contributed by atoms with Crippen LogP contribution in [0.5, 0.6) is 0 Å². The lowest BCUT2D eigenvalue weighted by Crippen LogP contribution is -2.44. The lowest BCUT2D eigenvalue weighted by molar-refractivity contribution is -0.121. The quantitative estimate of drug-likeness (QED) is 0.870. The molecule has 3 rings (SSSR count). The van der Waals surface area contributed by atoms with Gasteiger partial charge in [-0.25, -0.2) is 4.98 Å². The lowest BCUT2D eigenvalue weighted by atomic mass is 10.0. The number of nitrogens with zero attached hydrogens (tertiary/aromatic N) is 3. The summed E-state index contributed by atoms with van der Waals surface area (Å²) in [5, 5.41) is 3.03. The van der Waals surface area contributed by atoms with Gasteiger partial charge in [-0.1, -0.05) is 31.7 Å². The number of piperazine rings is 1. The van der Waals surface area contributed by atoms with Gasteiger partial charge in [0.25, 0.3) is 0 Å². The molecule has 1 N–H and O–H groups in total. The normalized spacial score (nSPS) is 19.6. The van der Waals surface area contributed by atoms with Gasteiger partial charge in [0.15, 0.2) is 0 Å². The van der Waals surface area contributed by atoms with E-state index in [9.17, 15) is 4.79 Å². The summed E-state index contributed by atoms with van der Waals surface area (Å²) < 4.78 is 0. The van der Waals surface area contributed by atoms with Crippen molar-refractivity contribution in [2.45, 2.75) is 45.1 Å². The Balaban J connectivity index is 1.40. The zero-order valence-corrected chi connectivity index (χ0v) is 14.8. The van der Waals surface area contributed by atoms with Gasteiger partial charge in [-0.2, -0.15) is 0 Å². The Bertz CT molecular complexity index is 517. The summed E-state index contributed by atoms with van der Waals surface area (Å²) in [5.74, 6) is 1.99. The largest absolute Gasteiger partial charge is 0.354 e. The van der Waals surface area contributed by atoms with Crippen molar-refractivity contribution in [3.8, 4) is 0 Å². The maximum absolute atomic E-state index is 12.0. The number of hydrogen-bond donors (Lipinski definition) is 1. The van der Waals surface area contributed by atoms with Crippen molar-refractivity contribution in [2.24, 2.45) is 5.92 Å². The summed E-state index contributed by atoms with van der Waals surface area (Å²) in [4.78, 5) is 21.2. The zero-order chi connectivity index (χ0) is 16.8. The van der Waals surface area contributed by atoms with Gasteiger partial charge >= 0.3 is 0 Å². The second kappa shape index (κ2) is 8.47. The van der Waals surface area contributed by atoms with E-state index in [0.717, 1.165) is 49.9 Å². The summed E-state index contributed by atoms with van der Waals surface area (Å²) in [7, 11) is 2.16. The maximum atomic E-state index is 12.0. The van der Waals surface area contributed by atoms with Gasteiger partial charge in [-0.15, -0.1) is 0 Å². The third-order valence-corrected chi connectivity index (χ3v) is 5.38. The predicted molar refractivity (Wildman–Crippen MR) is 97.0 cm³/mol. The first-order valence-corrected chi connectivity index (χ1v) is 9.36. The Hall–Kier alpha value is -1.62. The molecule has 5 nitrogen and oxygen atoms in total. The first-order chi connectivity index (χ1) is 11.7. The van der Waals surface area contributed by atoms with Gasteiger partial charge in [0.2, 0.25) is 5.91 Å². The number of amides is 1. The number of hydrogen-bond acceptors (Lipinski definition) is 4. The standard InChI is InChI=1S/C19H30N4O/c1-22-10-12-23(13-11-22)18-8-6-17(14-20-18)15-21-19(24)9-7-16-4-2-3-5-16/h6,8,14,16H,2-5,7,9-13,15H2,1H3,(H,21,24). The Morgan fingerprint density at radius 1 is 1.21 bits per heavy atom. The van der Waals surface area contributed by atoms with Crippen LogP contribution in [0.3, 0.4) is 0 Å². The van der Waals surface area contributed by atoms with Gasteiger partial charge in [0, 0.05) is 45.3 Å². The third-order valence-electron chi connectivity index (χ3n) is 5.38. The molecule has 0 atom stereocenters. The molecule has 2 heterocycles. The molecule has 0 radical (unpaired) electrons. The summed E-state index contributed by atoms with van der Waals surface area (Å²) >= 11 is 0. The number of carbonyl (C=O) groups is 1. The molecule has 1 amide bonds. The number of rotatable bonds is 6. The number of anilines is 1. The van der Waals surface area contributed by atoms with E-state index in [1.807, 2.05) is 6.20 Å². The van der Waals surface area contributed by atoms with Crippen LogP contribution in [0, 0.1) is 5.92 Å². The van der Waals surface area contributed by atoms with Crippen LogP contribution in [-0.2, 0) is 11.3 Å². The Morgan fingerprint density at radius 2 is 1.96 bits per heavy atom. The molecule has 0 spiro atoms. The fourth-order valence-electron chi connectivity index (χ4n) is 3.67. The summed E-state index contributed by atoms with van der Waals surface area (Å²) in [6.45, 7) is 4.81. The van der Waals surface area contributed by atoms with E-state index in [2.05, 4.69) is 39.3 Å². The van der Waals surface area contributed by atoms with Crippen LogP contribution in [0.15, 0.2) is 18.3 Å². The number of likely N-dealkylation sites (N-methyl/N-ethyl adjacent to an activating group) is 1. The van der Waals surface area contributed by atoms with E-state index in [1.165, 1.54) is 25.7 Å². The number of pyridine rings is 1. The lowest BCUT2D eigenvalue weighted by Gasteiger charge is -2.33. The molecule has 132 valence electrons. The van der Waals surface area contributed by atoms with Gasteiger partial charge in [-0.3, -0.25) is 4.79 Å². The minimum Gasteiger partial charge on any atom is -0.354 e. The average molecular weight is 330 g/mol. The fraction of sp³-hybridized carbons (Fsp3) is 0.684. The predicted octanol–water partition coefficient (Wildman–Crippen LogP) is 2.42. The highest BCUT2D eigenvalue weighted by atomic mass is 16.1. The molecule has 2 aliphatic rings. The second-order valence-corrected chi connectivity index (χ2v) is 7.28. The van der Waals surface area contributed by atoms with Crippen LogP contribution in [-0.4, -0.2) is 49.0 Å². The van der Waals surface area contributed by atoms with E-state index < -0.39 is 0 Å². The zero-order valence-electron chi connectivity index (χ0n) is 14.8. The number of nitrogens with one attached hydrogen (secondary N) is 1. The summed E-state index contributed by atoms with van der Waals surface area (Å²) in [6.07, 6.45) is 8.92. The monoisotopic (exact) mass is 330 g/mol. The molecule has 0 unspecified atom stereocenters. The highest BCUT2D eigenvalue weighted by Crippen LogP contribution is 2.28. The second-order valence-electron chi connectivity index (χ2n) is 7.28. The van der Waals surface area contributed by atoms with E-state index in [0.29, 0.717) is 13.0 Å². The average Bonchev–Trinajstić information content (AvgIpc) is 3.13. The molecule has 1 aromatic rings. The van der Waals surface area contributed by atoms with Crippen LogP contribution in [0.4, 0.5) is 5.82 Å². The smallest absolute Gasteiger partial charge is 0.220 e. The topological polar surface area (TPSA) is 48.5 Å². The molecule has 1 saturated carbocycles. The van der Waals surface area contributed by atoms with Crippen LogP contribution in [0.1, 0.15) is 44.1 Å². The first kappa shape index (κ1) is 17.2. The van der Waals surface area contributed by atoms with Crippen LogP contribution >= 0.6 is 0 Å². The van der Waals surface area contributed by atoms with Gasteiger partial charge < -0.3 is 15.1 Å². The van der Waals surface area contributed by atoms with Crippen molar-refractivity contribution in [1.82, 2.24) is 15.2 Å². The van der Waals surface area contributed by atoms with Crippen molar-refractivity contribution >= 4 is 11.7 Å². The van der Waals surface area contributed by atoms with Crippen molar-refractivity contribution in [1.29, 1.82) is 0 Å². The molecule has 0 aromatic carbocycles. The molecule has 5 heteroatoms. The van der Waals surface area contributed by atoms with Crippen molar-refractivity contribution in [2.75, 3.05) is 38.1 Å². The van der Waals surface area contributed by atoms with Gasteiger partial charge in [-0.05, 0) is 31.0 Å². The highest BCUT2D eigenvalue weighted by Gasteiger charge is 2.16. The van der Waals surface area contributed by atoms with E-state index in [1.54, 1.807) is 0 Å². The molecule has 1 aliphatic heterocycles.